The number of carbonyl (C=O) groups excluding carboxylic acids is 1. The van der Waals surface area contributed by atoms with Crippen molar-refractivity contribution in [1.82, 2.24) is 9.88 Å². The Morgan fingerprint density at radius 2 is 1.63 bits per heavy atom. The summed E-state index contributed by atoms with van der Waals surface area (Å²) >= 11 is 0. The number of benzene rings is 2. The van der Waals surface area contributed by atoms with Gasteiger partial charge in [-0.25, -0.2) is 0 Å². The van der Waals surface area contributed by atoms with Gasteiger partial charge in [0, 0.05) is 24.7 Å². The van der Waals surface area contributed by atoms with Gasteiger partial charge in [0.05, 0.1) is 12.6 Å². The van der Waals surface area contributed by atoms with E-state index in [9.17, 15) is 9.59 Å². The minimum absolute atomic E-state index is 0.0118. The first-order valence-corrected chi connectivity index (χ1v) is 10.5. The van der Waals surface area contributed by atoms with Crippen LogP contribution in [0.2, 0.25) is 0 Å². The lowest BCUT2D eigenvalue weighted by molar-refractivity contribution is 0.0902. The van der Waals surface area contributed by atoms with Crippen molar-refractivity contribution in [2.75, 3.05) is 13.2 Å². The maximum Gasteiger partial charge on any atom is 0.272 e. The molecule has 4 rings (SSSR count). The molecule has 5 nitrogen and oxygen atoms in total. The van der Waals surface area contributed by atoms with Crippen LogP contribution in [0.3, 0.4) is 0 Å². The van der Waals surface area contributed by atoms with Crippen LogP contribution in [-0.2, 0) is 0 Å². The van der Waals surface area contributed by atoms with Gasteiger partial charge in [0.25, 0.3) is 5.91 Å². The third-order valence-electron chi connectivity index (χ3n) is 5.57. The maximum absolute atomic E-state index is 12.8. The number of nitrogens with zero attached hydrogens (tertiary/aromatic N) is 1. The summed E-state index contributed by atoms with van der Waals surface area (Å²) in [5.74, 6) is -0.110. The molecular formula is C25H26N2O3. The first kappa shape index (κ1) is 20.0. The van der Waals surface area contributed by atoms with Crippen LogP contribution in [0.25, 0.3) is 0 Å². The molecule has 1 aliphatic heterocycles. The van der Waals surface area contributed by atoms with Gasteiger partial charge in [-0.3, -0.25) is 9.59 Å². The molecule has 1 N–H and O–H groups in total. The first-order chi connectivity index (χ1) is 14.7. The molecule has 0 spiro atoms. The molecule has 0 saturated heterocycles. The predicted molar refractivity (Wildman–Crippen MR) is 117 cm³/mol. The van der Waals surface area contributed by atoms with Crippen LogP contribution in [0.15, 0.2) is 77.7 Å². The van der Waals surface area contributed by atoms with Crippen molar-refractivity contribution in [2.45, 2.75) is 31.7 Å². The number of unbranched alkanes of at least 4 members (excludes halogenated alkanes) is 1. The molecule has 154 valence electrons. The number of carbonyl (C=O) groups is 1. The minimum atomic E-state index is -0.268. The second kappa shape index (κ2) is 8.99. The second-order valence-electron chi connectivity index (χ2n) is 7.54. The molecule has 0 saturated carbocycles. The van der Waals surface area contributed by atoms with Gasteiger partial charge < -0.3 is 14.6 Å². The average Bonchev–Trinajstić information content (AvgIpc) is 2.78. The third-order valence-corrected chi connectivity index (χ3v) is 5.57. The Bertz CT molecular complexity index is 1020. The number of nitrogens with one attached hydrogen (secondary N) is 1. The van der Waals surface area contributed by atoms with Crippen molar-refractivity contribution >= 4 is 5.91 Å². The van der Waals surface area contributed by atoms with Gasteiger partial charge in [0.1, 0.15) is 0 Å². The van der Waals surface area contributed by atoms with E-state index < -0.39 is 0 Å². The van der Waals surface area contributed by atoms with Gasteiger partial charge in [-0.15, -0.1) is 0 Å². The van der Waals surface area contributed by atoms with Gasteiger partial charge in [-0.1, -0.05) is 74.0 Å². The Labute approximate surface area is 176 Å². The molecule has 3 aromatic rings. The van der Waals surface area contributed by atoms with E-state index >= 15 is 0 Å². The van der Waals surface area contributed by atoms with Gasteiger partial charge in [-0.05, 0) is 17.5 Å². The van der Waals surface area contributed by atoms with Crippen LogP contribution >= 0.6 is 0 Å². The molecule has 1 amide bonds. The molecule has 0 bridgehead atoms. The predicted octanol–water partition coefficient (Wildman–Crippen LogP) is 4.14. The van der Waals surface area contributed by atoms with Crippen LogP contribution in [0.4, 0.5) is 0 Å². The molecule has 2 aromatic carbocycles. The number of aromatic nitrogens is 1. The molecule has 0 radical (unpaired) electrons. The number of pyridine rings is 1. The standard InChI is InChI=1S/C25H26N2O3/c1-2-3-16-30-24-21(28)14-15-27-20(17-26-25(29)23(24)27)22(18-10-6-4-7-11-18)19-12-8-5-9-13-19/h4-15,20,22H,2-3,16-17H2,1H3,(H,26,29)/t20-/m1/s1. The van der Waals surface area contributed by atoms with Crippen LogP contribution in [0.5, 0.6) is 5.75 Å². The summed E-state index contributed by atoms with van der Waals surface area (Å²) in [6.07, 6.45) is 3.51. The molecule has 5 heteroatoms. The van der Waals surface area contributed by atoms with Gasteiger partial charge >= 0.3 is 0 Å². The summed E-state index contributed by atoms with van der Waals surface area (Å²) in [7, 11) is 0. The lowest BCUT2D eigenvalue weighted by Crippen LogP contribution is -2.43. The third kappa shape index (κ3) is 3.88. The Hall–Kier alpha value is -3.34. The highest BCUT2D eigenvalue weighted by molar-refractivity contribution is 5.96. The van der Waals surface area contributed by atoms with Crippen molar-refractivity contribution in [3.63, 3.8) is 0 Å². The van der Waals surface area contributed by atoms with Crippen molar-refractivity contribution in [2.24, 2.45) is 0 Å². The Kier molecular flexibility index (Phi) is 5.98. The van der Waals surface area contributed by atoms with Gasteiger partial charge in [-0.2, -0.15) is 0 Å². The number of ether oxygens (including phenoxy) is 1. The summed E-state index contributed by atoms with van der Waals surface area (Å²) in [6, 6.07) is 21.9. The molecule has 1 atom stereocenters. The molecule has 1 aromatic heterocycles. The summed E-state index contributed by atoms with van der Waals surface area (Å²) < 4.78 is 7.71. The van der Waals surface area contributed by atoms with Crippen molar-refractivity contribution < 1.29 is 9.53 Å². The number of hydrogen-bond donors (Lipinski definition) is 1. The lowest BCUT2D eigenvalue weighted by Gasteiger charge is -2.35. The summed E-state index contributed by atoms with van der Waals surface area (Å²) in [6.45, 7) is 2.95. The summed E-state index contributed by atoms with van der Waals surface area (Å²) in [5.41, 5.74) is 2.36. The number of fused-ring (bicyclic) bond motifs is 1. The Morgan fingerprint density at radius 3 is 2.23 bits per heavy atom. The number of hydrogen-bond acceptors (Lipinski definition) is 3. The van der Waals surface area contributed by atoms with Crippen molar-refractivity contribution in [1.29, 1.82) is 0 Å². The molecule has 0 aliphatic carbocycles. The van der Waals surface area contributed by atoms with Crippen molar-refractivity contribution in [3.8, 4) is 5.75 Å². The van der Waals surface area contributed by atoms with E-state index in [1.807, 2.05) is 41.0 Å². The Balaban J connectivity index is 1.84. The smallest absolute Gasteiger partial charge is 0.272 e. The van der Waals surface area contributed by atoms with Gasteiger partial charge in [0.2, 0.25) is 5.43 Å². The van der Waals surface area contributed by atoms with Crippen LogP contribution < -0.4 is 15.5 Å². The van der Waals surface area contributed by atoms with E-state index in [1.54, 1.807) is 6.20 Å². The Morgan fingerprint density at radius 1 is 1.00 bits per heavy atom. The monoisotopic (exact) mass is 402 g/mol. The summed E-state index contributed by atoms with van der Waals surface area (Å²) in [4.78, 5) is 25.3. The number of rotatable bonds is 7. The van der Waals surface area contributed by atoms with E-state index in [1.165, 1.54) is 6.07 Å². The van der Waals surface area contributed by atoms with E-state index in [0.717, 1.165) is 24.0 Å². The van der Waals surface area contributed by atoms with Gasteiger partial charge in [0.15, 0.2) is 11.4 Å². The quantitative estimate of drug-likeness (QED) is 0.604. The zero-order chi connectivity index (χ0) is 20.9. The van der Waals surface area contributed by atoms with E-state index in [-0.39, 0.29) is 29.0 Å². The molecule has 1 aliphatic rings. The van der Waals surface area contributed by atoms with Crippen LogP contribution in [0, 0.1) is 0 Å². The van der Waals surface area contributed by atoms with E-state index in [2.05, 4.69) is 36.5 Å². The SMILES string of the molecule is CCCCOc1c2n(ccc1=O)[C@@H](C(c1ccccc1)c1ccccc1)CNC2=O. The zero-order valence-electron chi connectivity index (χ0n) is 17.1. The fourth-order valence-corrected chi connectivity index (χ4v) is 4.10. The fourth-order valence-electron chi connectivity index (χ4n) is 4.10. The minimum Gasteiger partial charge on any atom is -0.487 e. The lowest BCUT2D eigenvalue weighted by atomic mass is 9.84. The molecule has 30 heavy (non-hydrogen) atoms. The van der Waals surface area contributed by atoms with Crippen molar-refractivity contribution in [3.05, 3.63) is 100.0 Å². The summed E-state index contributed by atoms with van der Waals surface area (Å²) in [5, 5.41) is 2.99. The van der Waals surface area contributed by atoms with E-state index in [0.29, 0.717) is 18.8 Å². The maximum atomic E-state index is 12.8. The number of amides is 1. The fraction of sp³-hybridized carbons (Fsp3) is 0.280. The second-order valence-corrected chi connectivity index (χ2v) is 7.54. The molecule has 0 fully saturated rings. The highest BCUT2D eigenvalue weighted by atomic mass is 16.5. The molecule has 2 heterocycles. The normalized spacial score (nSPS) is 15.5. The molecular weight excluding hydrogens is 376 g/mol. The van der Waals surface area contributed by atoms with E-state index in [4.69, 9.17) is 4.74 Å². The zero-order valence-corrected chi connectivity index (χ0v) is 17.1. The largest absolute Gasteiger partial charge is 0.487 e. The van der Waals surface area contributed by atoms with Crippen LogP contribution in [-0.4, -0.2) is 23.6 Å². The first-order valence-electron chi connectivity index (χ1n) is 10.5. The average molecular weight is 402 g/mol. The highest BCUT2D eigenvalue weighted by Crippen LogP contribution is 2.37. The van der Waals surface area contributed by atoms with Crippen LogP contribution in [0.1, 0.15) is 53.3 Å². The topological polar surface area (TPSA) is 60.3 Å². The highest BCUT2D eigenvalue weighted by Gasteiger charge is 2.34. The molecule has 0 unspecified atom stereocenters.